The molecule has 2 aromatic rings. The molecule has 0 aliphatic carbocycles. The normalized spacial score (nSPS) is 10.3. The van der Waals surface area contributed by atoms with E-state index in [1.807, 2.05) is 0 Å². The van der Waals surface area contributed by atoms with E-state index in [0.29, 0.717) is 12.1 Å². The number of nitrogens with one attached hydrogen (secondary N) is 1. The van der Waals surface area contributed by atoms with E-state index in [0.717, 1.165) is 11.3 Å². The van der Waals surface area contributed by atoms with Crippen molar-refractivity contribution in [3.05, 3.63) is 53.3 Å². The van der Waals surface area contributed by atoms with Gasteiger partial charge in [0.2, 0.25) is 0 Å². The van der Waals surface area contributed by atoms with Gasteiger partial charge in [-0.05, 0) is 36.8 Å². The number of halogens is 1. The maximum Gasteiger partial charge on any atom is 0.162 e. The highest BCUT2D eigenvalue weighted by Crippen LogP contribution is 2.29. The molecule has 0 fully saturated rings. The summed E-state index contributed by atoms with van der Waals surface area (Å²) < 4.78 is 12.9. The number of aromatic hydroxyl groups is 2. The Balaban J connectivity index is 2.14. The molecule has 18 heavy (non-hydrogen) atoms. The molecule has 2 rings (SSSR count). The van der Waals surface area contributed by atoms with E-state index in [2.05, 4.69) is 5.32 Å². The minimum atomic E-state index is -0.279. The van der Waals surface area contributed by atoms with Gasteiger partial charge in [-0.3, -0.25) is 0 Å². The van der Waals surface area contributed by atoms with Crippen molar-refractivity contribution < 1.29 is 14.6 Å². The molecule has 4 heteroatoms. The van der Waals surface area contributed by atoms with Crippen molar-refractivity contribution in [2.24, 2.45) is 0 Å². The summed E-state index contributed by atoms with van der Waals surface area (Å²) in [5, 5.41) is 22.1. The van der Waals surface area contributed by atoms with Crippen LogP contribution >= 0.6 is 0 Å². The second kappa shape index (κ2) is 4.96. The molecule has 2 aromatic carbocycles. The van der Waals surface area contributed by atoms with Gasteiger partial charge in [0.05, 0.1) is 0 Å². The Labute approximate surface area is 105 Å². The lowest BCUT2D eigenvalue weighted by Gasteiger charge is -2.11. The number of benzene rings is 2. The average Bonchev–Trinajstić information content (AvgIpc) is 2.33. The van der Waals surface area contributed by atoms with E-state index < -0.39 is 0 Å². The van der Waals surface area contributed by atoms with Crippen molar-refractivity contribution in [2.45, 2.75) is 13.5 Å². The van der Waals surface area contributed by atoms with Gasteiger partial charge in [0, 0.05) is 17.8 Å². The SMILES string of the molecule is Cc1cc(F)ccc1NCc1cccc(O)c1O. The van der Waals surface area contributed by atoms with E-state index in [1.54, 1.807) is 25.1 Å². The van der Waals surface area contributed by atoms with Crippen molar-refractivity contribution in [2.75, 3.05) is 5.32 Å². The zero-order valence-corrected chi connectivity index (χ0v) is 9.94. The Morgan fingerprint density at radius 3 is 2.67 bits per heavy atom. The summed E-state index contributed by atoms with van der Waals surface area (Å²) in [7, 11) is 0. The van der Waals surface area contributed by atoms with Gasteiger partial charge < -0.3 is 15.5 Å². The van der Waals surface area contributed by atoms with Gasteiger partial charge in [-0.15, -0.1) is 0 Å². The quantitative estimate of drug-likeness (QED) is 0.730. The van der Waals surface area contributed by atoms with Crippen molar-refractivity contribution in [1.29, 1.82) is 0 Å². The van der Waals surface area contributed by atoms with Crippen molar-refractivity contribution >= 4 is 5.69 Å². The summed E-state index contributed by atoms with van der Waals surface area (Å²) in [6, 6.07) is 9.24. The first-order valence-corrected chi connectivity index (χ1v) is 5.58. The van der Waals surface area contributed by atoms with E-state index in [1.165, 1.54) is 18.2 Å². The van der Waals surface area contributed by atoms with Crippen LogP contribution in [-0.4, -0.2) is 10.2 Å². The Bertz CT molecular complexity index is 570. The Morgan fingerprint density at radius 1 is 1.17 bits per heavy atom. The molecule has 0 amide bonds. The highest BCUT2D eigenvalue weighted by atomic mass is 19.1. The first-order valence-electron chi connectivity index (χ1n) is 5.58. The second-order valence-corrected chi connectivity index (χ2v) is 4.10. The predicted molar refractivity (Wildman–Crippen MR) is 68.2 cm³/mol. The first-order chi connectivity index (χ1) is 8.58. The summed E-state index contributed by atoms with van der Waals surface area (Å²) in [5.41, 5.74) is 2.16. The maximum absolute atomic E-state index is 12.9. The standard InChI is InChI=1S/C14H14FNO2/c1-9-7-11(15)5-6-12(9)16-8-10-3-2-4-13(17)14(10)18/h2-7,16-18H,8H2,1H3. The van der Waals surface area contributed by atoms with Gasteiger partial charge in [0.1, 0.15) is 5.82 Å². The van der Waals surface area contributed by atoms with Crippen LogP contribution in [0.3, 0.4) is 0 Å². The third-order valence-corrected chi connectivity index (χ3v) is 2.76. The molecule has 0 aliphatic heterocycles. The van der Waals surface area contributed by atoms with E-state index in [4.69, 9.17) is 0 Å². The number of hydrogen-bond acceptors (Lipinski definition) is 3. The number of aryl methyl sites for hydroxylation is 1. The van der Waals surface area contributed by atoms with Crippen LogP contribution in [0.5, 0.6) is 11.5 Å². The second-order valence-electron chi connectivity index (χ2n) is 4.10. The summed E-state index contributed by atoms with van der Waals surface area (Å²) in [6.45, 7) is 2.15. The molecule has 3 nitrogen and oxygen atoms in total. The van der Waals surface area contributed by atoms with Gasteiger partial charge in [0.25, 0.3) is 0 Å². The van der Waals surface area contributed by atoms with Crippen LogP contribution in [0, 0.1) is 12.7 Å². The molecule has 0 saturated carbocycles. The lowest BCUT2D eigenvalue weighted by Crippen LogP contribution is -2.01. The highest BCUT2D eigenvalue weighted by molar-refractivity contribution is 5.52. The number of phenolic OH excluding ortho intramolecular Hbond substituents is 2. The number of anilines is 1. The van der Waals surface area contributed by atoms with Crippen LogP contribution in [0.15, 0.2) is 36.4 Å². The molecule has 0 radical (unpaired) electrons. The van der Waals surface area contributed by atoms with E-state index in [9.17, 15) is 14.6 Å². The molecule has 0 bridgehead atoms. The van der Waals surface area contributed by atoms with Gasteiger partial charge in [-0.2, -0.15) is 0 Å². The van der Waals surface area contributed by atoms with Crippen LogP contribution in [0.1, 0.15) is 11.1 Å². The number of hydrogen-bond donors (Lipinski definition) is 3. The molecule has 0 aliphatic rings. The molecule has 0 atom stereocenters. The topological polar surface area (TPSA) is 52.5 Å². The van der Waals surface area contributed by atoms with Crippen molar-refractivity contribution in [1.82, 2.24) is 0 Å². The minimum Gasteiger partial charge on any atom is -0.504 e. The third-order valence-electron chi connectivity index (χ3n) is 2.76. The van der Waals surface area contributed by atoms with Crippen LogP contribution in [0.2, 0.25) is 0 Å². The van der Waals surface area contributed by atoms with Gasteiger partial charge in [-0.25, -0.2) is 4.39 Å². The summed E-state index contributed by atoms with van der Waals surface area (Å²) in [4.78, 5) is 0. The third kappa shape index (κ3) is 2.53. The highest BCUT2D eigenvalue weighted by Gasteiger charge is 2.06. The Hall–Kier alpha value is -2.23. The monoisotopic (exact) mass is 247 g/mol. The minimum absolute atomic E-state index is 0.134. The lowest BCUT2D eigenvalue weighted by atomic mass is 10.1. The van der Waals surface area contributed by atoms with Crippen LogP contribution in [0.4, 0.5) is 10.1 Å². The molecule has 3 N–H and O–H groups in total. The molecule has 0 aromatic heterocycles. The van der Waals surface area contributed by atoms with Gasteiger partial charge in [0.15, 0.2) is 11.5 Å². The molecular weight excluding hydrogens is 233 g/mol. The number of para-hydroxylation sites is 1. The average molecular weight is 247 g/mol. The summed E-state index contributed by atoms with van der Waals surface area (Å²) >= 11 is 0. The largest absolute Gasteiger partial charge is 0.504 e. The lowest BCUT2D eigenvalue weighted by molar-refractivity contribution is 0.400. The van der Waals surface area contributed by atoms with Crippen LogP contribution in [0.25, 0.3) is 0 Å². The molecule has 0 heterocycles. The molecular formula is C14H14FNO2. The van der Waals surface area contributed by atoms with Gasteiger partial charge >= 0.3 is 0 Å². The first kappa shape index (κ1) is 12.2. The fraction of sp³-hybridized carbons (Fsp3) is 0.143. The van der Waals surface area contributed by atoms with E-state index >= 15 is 0 Å². The van der Waals surface area contributed by atoms with Crippen molar-refractivity contribution in [3.63, 3.8) is 0 Å². The fourth-order valence-corrected chi connectivity index (χ4v) is 1.74. The summed E-state index contributed by atoms with van der Waals surface area (Å²) in [6.07, 6.45) is 0. The molecule has 0 spiro atoms. The smallest absolute Gasteiger partial charge is 0.162 e. The van der Waals surface area contributed by atoms with Crippen LogP contribution < -0.4 is 5.32 Å². The Kier molecular flexibility index (Phi) is 3.37. The zero-order chi connectivity index (χ0) is 13.1. The van der Waals surface area contributed by atoms with Crippen LogP contribution in [-0.2, 0) is 6.54 Å². The zero-order valence-electron chi connectivity index (χ0n) is 9.94. The number of phenols is 2. The van der Waals surface area contributed by atoms with Gasteiger partial charge in [-0.1, -0.05) is 12.1 Å². The summed E-state index contributed by atoms with van der Waals surface area (Å²) in [5.74, 6) is -0.562. The van der Waals surface area contributed by atoms with E-state index in [-0.39, 0.29) is 17.3 Å². The Morgan fingerprint density at radius 2 is 1.94 bits per heavy atom. The fourth-order valence-electron chi connectivity index (χ4n) is 1.74. The molecule has 0 saturated heterocycles. The maximum atomic E-state index is 12.9. The molecule has 94 valence electrons. The van der Waals surface area contributed by atoms with Crippen molar-refractivity contribution in [3.8, 4) is 11.5 Å². The predicted octanol–water partition coefficient (Wildman–Crippen LogP) is 3.16. The number of rotatable bonds is 3. The molecule has 0 unspecified atom stereocenters.